The first-order valence-electron chi connectivity index (χ1n) is 5.76. The molecule has 1 aliphatic rings. The number of nitrogens with one attached hydrogen (secondary N) is 1. The minimum atomic E-state index is -0.178. The molecule has 17 heavy (non-hydrogen) atoms. The zero-order chi connectivity index (χ0) is 11.8. The molecule has 4 heteroatoms. The summed E-state index contributed by atoms with van der Waals surface area (Å²) in [6.07, 6.45) is 5.28. The molecule has 0 spiro atoms. The van der Waals surface area contributed by atoms with E-state index >= 15 is 0 Å². The molecule has 88 valence electrons. The first-order chi connectivity index (χ1) is 8.24. The number of benzene rings is 1. The number of nitrogens with zero attached hydrogens (tertiary/aromatic N) is 1. The fourth-order valence-corrected chi connectivity index (χ4v) is 2.59. The van der Waals surface area contributed by atoms with E-state index in [0.717, 1.165) is 18.4 Å². The highest BCUT2D eigenvalue weighted by Gasteiger charge is 2.23. The van der Waals surface area contributed by atoms with Crippen LogP contribution < -0.4 is 5.69 Å². The lowest BCUT2D eigenvalue weighted by molar-refractivity contribution is 0.544. The van der Waals surface area contributed by atoms with Gasteiger partial charge in [0, 0.05) is 24.9 Å². The summed E-state index contributed by atoms with van der Waals surface area (Å²) in [5.41, 5.74) is 2.18. The molecule has 0 radical (unpaired) electrons. The molecule has 1 unspecified atom stereocenters. The highest BCUT2D eigenvalue weighted by Crippen LogP contribution is 2.34. The molecule has 3 rings (SSSR count). The van der Waals surface area contributed by atoms with E-state index in [-0.39, 0.29) is 11.5 Å². The number of aromatic amines is 1. The van der Waals surface area contributed by atoms with Gasteiger partial charge >= 0.3 is 5.69 Å². The van der Waals surface area contributed by atoms with Crippen molar-refractivity contribution in [3.63, 3.8) is 0 Å². The summed E-state index contributed by atoms with van der Waals surface area (Å²) < 4.78 is 14.7. The van der Waals surface area contributed by atoms with Crippen molar-refractivity contribution in [3.05, 3.63) is 58.0 Å². The molecule has 0 aliphatic heterocycles. The van der Waals surface area contributed by atoms with Crippen molar-refractivity contribution in [2.45, 2.75) is 25.3 Å². The smallest absolute Gasteiger partial charge is 0.313 e. The number of aryl methyl sites for hydroxylation is 1. The summed E-state index contributed by atoms with van der Waals surface area (Å²) in [6.45, 7) is 0.668. The lowest BCUT2D eigenvalue weighted by Crippen LogP contribution is -2.19. The first kappa shape index (κ1) is 10.3. The van der Waals surface area contributed by atoms with Crippen molar-refractivity contribution in [1.82, 2.24) is 9.55 Å². The number of imidazole rings is 1. The number of hydrogen-bond acceptors (Lipinski definition) is 1. The minimum Gasteiger partial charge on any atom is -0.313 e. The van der Waals surface area contributed by atoms with Crippen LogP contribution in [0.4, 0.5) is 4.39 Å². The second-order valence-electron chi connectivity index (χ2n) is 4.50. The van der Waals surface area contributed by atoms with E-state index in [0.29, 0.717) is 12.5 Å². The third kappa shape index (κ3) is 1.79. The van der Waals surface area contributed by atoms with Gasteiger partial charge in [0.2, 0.25) is 0 Å². The molecule has 0 saturated carbocycles. The van der Waals surface area contributed by atoms with E-state index in [4.69, 9.17) is 0 Å². The van der Waals surface area contributed by atoms with Crippen LogP contribution in [0.5, 0.6) is 0 Å². The van der Waals surface area contributed by atoms with Gasteiger partial charge in [0.25, 0.3) is 0 Å². The van der Waals surface area contributed by atoms with Gasteiger partial charge < -0.3 is 4.98 Å². The standard InChI is InChI=1S/C13H13FN2O/c14-11-3-4-12-9(7-11)1-2-10(12)8-16-6-5-15-13(16)17/h3-7,10H,1-2,8H2,(H,15,17). The molecule has 0 fully saturated rings. The maximum Gasteiger partial charge on any atom is 0.325 e. The Morgan fingerprint density at radius 1 is 1.47 bits per heavy atom. The third-order valence-electron chi connectivity index (χ3n) is 3.45. The van der Waals surface area contributed by atoms with Crippen molar-refractivity contribution >= 4 is 0 Å². The third-order valence-corrected chi connectivity index (χ3v) is 3.45. The molecular formula is C13H13FN2O. The van der Waals surface area contributed by atoms with Gasteiger partial charge in [0.15, 0.2) is 0 Å². The normalized spacial score (nSPS) is 18.3. The Kier molecular flexibility index (Phi) is 2.35. The Morgan fingerprint density at radius 2 is 2.35 bits per heavy atom. The van der Waals surface area contributed by atoms with E-state index in [1.807, 2.05) is 6.07 Å². The van der Waals surface area contributed by atoms with Gasteiger partial charge in [-0.25, -0.2) is 9.18 Å². The van der Waals surface area contributed by atoms with E-state index in [1.54, 1.807) is 23.0 Å². The number of rotatable bonds is 2. The minimum absolute atomic E-state index is 0.0828. The number of H-pyrrole nitrogens is 1. The van der Waals surface area contributed by atoms with Crippen molar-refractivity contribution in [2.24, 2.45) is 0 Å². The Hall–Kier alpha value is -1.84. The number of halogens is 1. The average molecular weight is 232 g/mol. The molecule has 0 saturated heterocycles. The number of aromatic nitrogens is 2. The summed E-state index contributed by atoms with van der Waals surface area (Å²) in [6, 6.07) is 4.95. The molecular weight excluding hydrogens is 219 g/mol. The zero-order valence-corrected chi connectivity index (χ0v) is 9.32. The fourth-order valence-electron chi connectivity index (χ4n) is 2.59. The topological polar surface area (TPSA) is 37.8 Å². The van der Waals surface area contributed by atoms with E-state index < -0.39 is 0 Å². The Balaban J connectivity index is 1.89. The van der Waals surface area contributed by atoms with Gasteiger partial charge in [-0.2, -0.15) is 0 Å². The molecule has 1 aromatic carbocycles. The van der Waals surface area contributed by atoms with Gasteiger partial charge in [0.05, 0.1) is 0 Å². The zero-order valence-electron chi connectivity index (χ0n) is 9.32. The number of fused-ring (bicyclic) bond motifs is 1. The van der Waals surface area contributed by atoms with Crippen LogP contribution in [0, 0.1) is 5.82 Å². The van der Waals surface area contributed by atoms with Gasteiger partial charge in [0.1, 0.15) is 5.82 Å². The highest BCUT2D eigenvalue weighted by atomic mass is 19.1. The van der Waals surface area contributed by atoms with Gasteiger partial charge in [-0.15, -0.1) is 0 Å². The van der Waals surface area contributed by atoms with Crippen LogP contribution >= 0.6 is 0 Å². The predicted molar refractivity (Wildman–Crippen MR) is 62.5 cm³/mol. The molecule has 1 aliphatic carbocycles. The molecule has 1 heterocycles. The van der Waals surface area contributed by atoms with Crippen molar-refractivity contribution in [3.8, 4) is 0 Å². The Bertz CT molecular complexity index is 599. The molecule has 0 amide bonds. The van der Waals surface area contributed by atoms with E-state index in [1.165, 1.54) is 11.6 Å². The number of hydrogen-bond donors (Lipinski definition) is 1. The second-order valence-corrected chi connectivity index (χ2v) is 4.50. The molecule has 1 N–H and O–H groups in total. The van der Waals surface area contributed by atoms with E-state index in [2.05, 4.69) is 4.98 Å². The first-order valence-corrected chi connectivity index (χ1v) is 5.76. The molecule has 1 aromatic heterocycles. The second kappa shape index (κ2) is 3.87. The maximum atomic E-state index is 13.1. The van der Waals surface area contributed by atoms with Crippen LogP contribution in [0.15, 0.2) is 35.4 Å². The highest BCUT2D eigenvalue weighted by molar-refractivity contribution is 5.35. The van der Waals surface area contributed by atoms with E-state index in [9.17, 15) is 9.18 Å². The molecule has 3 nitrogen and oxygen atoms in total. The average Bonchev–Trinajstić information content (AvgIpc) is 2.87. The fraction of sp³-hybridized carbons (Fsp3) is 0.308. The van der Waals surface area contributed by atoms with Crippen LogP contribution in [0.25, 0.3) is 0 Å². The van der Waals surface area contributed by atoms with Crippen molar-refractivity contribution in [2.75, 3.05) is 0 Å². The summed E-state index contributed by atoms with van der Waals surface area (Å²) in [5.74, 6) is 0.141. The van der Waals surface area contributed by atoms with Crippen LogP contribution in [0.3, 0.4) is 0 Å². The summed E-state index contributed by atoms with van der Waals surface area (Å²) in [4.78, 5) is 14.0. The summed E-state index contributed by atoms with van der Waals surface area (Å²) >= 11 is 0. The van der Waals surface area contributed by atoms with Gasteiger partial charge in [-0.05, 0) is 36.1 Å². The Morgan fingerprint density at radius 3 is 3.12 bits per heavy atom. The van der Waals surface area contributed by atoms with Crippen LogP contribution in [0.1, 0.15) is 23.5 Å². The quantitative estimate of drug-likeness (QED) is 0.845. The summed E-state index contributed by atoms with van der Waals surface area (Å²) in [7, 11) is 0. The predicted octanol–water partition coefficient (Wildman–Crippen LogP) is 2.05. The van der Waals surface area contributed by atoms with Crippen LogP contribution in [-0.2, 0) is 13.0 Å². The van der Waals surface area contributed by atoms with Crippen molar-refractivity contribution < 1.29 is 4.39 Å². The summed E-state index contributed by atoms with van der Waals surface area (Å²) in [5, 5.41) is 0. The Labute approximate surface area is 97.9 Å². The van der Waals surface area contributed by atoms with Gasteiger partial charge in [-0.1, -0.05) is 6.07 Å². The van der Waals surface area contributed by atoms with Crippen molar-refractivity contribution in [1.29, 1.82) is 0 Å². The lowest BCUT2D eigenvalue weighted by atomic mass is 10.0. The lowest BCUT2D eigenvalue weighted by Gasteiger charge is -2.11. The molecule has 2 aromatic rings. The molecule has 1 atom stereocenters. The monoisotopic (exact) mass is 232 g/mol. The van der Waals surface area contributed by atoms with Crippen LogP contribution in [0.2, 0.25) is 0 Å². The SMILES string of the molecule is O=c1[nH]ccn1CC1CCc2cc(F)ccc21. The molecule has 0 bridgehead atoms. The largest absolute Gasteiger partial charge is 0.325 e. The van der Waals surface area contributed by atoms with Crippen LogP contribution in [-0.4, -0.2) is 9.55 Å². The van der Waals surface area contributed by atoms with Gasteiger partial charge in [-0.3, -0.25) is 4.57 Å². The maximum absolute atomic E-state index is 13.1.